The number of carbonyl (C=O) groups excluding carboxylic acids is 2. The summed E-state index contributed by atoms with van der Waals surface area (Å²) in [6, 6.07) is 8.84. The van der Waals surface area contributed by atoms with Gasteiger partial charge in [0.2, 0.25) is 5.95 Å². The lowest BCUT2D eigenvalue weighted by atomic mass is 9.76. The first-order valence-electron chi connectivity index (χ1n) is 12.9. The highest BCUT2D eigenvalue weighted by atomic mass is 79.9. The van der Waals surface area contributed by atoms with Gasteiger partial charge in [-0.1, -0.05) is 15.9 Å². The van der Waals surface area contributed by atoms with E-state index in [1.165, 1.54) is 0 Å². The van der Waals surface area contributed by atoms with E-state index in [0.717, 1.165) is 28.9 Å². The van der Waals surface area contributed by atoms with Crippen molar-refractivity contribution in [1.29, 1.82) is 0 Å². The number of nitrogens with zero attached hydrogens (tertiary/aromatic N) is 4. The predicted octanol–water partition coefficient (Wildman–Crippen LogP) is 4.56. The van der Waals surface area contributed by atoms with E-state index in [1.54, 1.807) is 11.8 Å². The third kappa shape index (κ3) is 6.86. The molecule has 1 spiro atoms. The van der Waals surface area contributed by atoms with Gasteiger partial charge < -0.3 is 24.8 Å². The molecule has 1 aromatic carbocycles. The highest BCUT2D eigenvalue weighted by Gasteiger charge is 2.51. The zero-order chi connectivity index (χ0) is 27.5. The van der Waals surface area contributed by atoms with E-state index in [1.807, 2.05) is 51.1 Å². The lowest BCUT2D eigenvalue weighted by Crippen LogP contribution is -2.45. The molecular weight excluding hydrogens is 554 g/mol. The Labute approximate surface area is 232 Å². The second kappa shape index (κ2) is 11.3. The van der Waals surface area contributed by atoms with Crippen molar-refractivity contribution in [2.24, 2.45) is 5.41 Å². The highest BCUT2D eigenvalue weighted by Crippen LogP contribution is 2.44. The van der Waals surface area contributed by atoms with Crippen LogP contribution in [0.15, 0.2) is 34.8 Å². The number of nitrogens with two attached hydrogens (primary N) is 1. The van der Waals surface area contributed by atoms with Crippen LogP contribution in [0.2, 0.25) is 0 Å². The van der Waals surface area contributed by atoms with E-state index in [4.69, 9.17) is 19.9 Å². The molecule has 1 amide bonds. The summed E-state index contributed by atoms with van der Waals surface area (Å²) < 4.78 is 17.8. The van der Waals surface area contributed by atoms with E-state index in [9.17, 15) is 9.59 Å². The Morgan fingerprint density at radius 3 is 2.47 bits per heavy atom. The third-order valence-corrected chi connectivity index (χ3v) is 7.36. The van der Waals surface area contributed by atoms with Crippen LogP contribution in [0.3, 0.4) is 0 Å². The van der Waals surface area contributed by atoms with E-state index in [-0.39, 0.29) is 30.5 Å². The molecule has 4 rings (SSSR count). The molecule has 1 unspecified atom stereocenters. The van der Waals surface area contributed by atoms with Crippen LogP contribution in [-0.2, 0) is 20.9 Å². The fourth-order valence-electron chi connectivity index (χ4n) is 5.02. The maximum absolute atomic E-state index is 13.0. The van der Waals surface area contributed by atoms with Crippen LogP contribution in [0.4, 0.5) is 16.6 Å². The van der Waals surface area contributed by atoms with Gasteiger partial charge in [-0.2, -0.15) is 4.98 Å². The Hall–Kier alpha value is -3.08. The predicted molar refractivity (Wildman–Crippen MR) is 147 cm³/mol. The first kappa shape index (κ1) is 27.9. The van der Waals surface area contributed by atoms with Gasteiger partial charge in [-0.25, -0.2) is 14.6 Å². The molecule has 0 bridgehead atoms. The summed E-state index contributed by atoms with van der Waals surface area (Å²) in [5.74, 6) is 1.29. The molecule has 11 heteroatoms. The highest BCUT2D eigenvalue weighted by molar-refractivity contribution is 9.10. The fourth-order valence-corrected chi connectivity index (χ4v) is 5.28. The van der Waals surface area contributed by atoms with Crippen molar-refractivity contribution in [3.63, 3.8) is 0 Å². The molecule has 2 saturated heterocycles. The third-order valence-electron chi connectivity index (χ3n) is 6.83. The van der Waals surface area contributed by atoms with E-state index < -0.39 is 17.7 Å². The van der Waals surface area contributed by atoms with Gasteiger partial charge >= 0.3 is 12.1 Å². The molecule has 206 valence electrons. The summed E-state index contributed by atoms with van der Waals surface area (Å²) >= 11 is 3.42. The molecular formula is C27H36BrN5O5. The molecule has 2 aromatic rings. The van der Waals surface area contributed by atoms with Crippen molar-refractivity contribution in [1.82, 2.24) is 14.9 Å². The summed E-state index contributed by atoms with van der Waals surface area (Å²) in [6.07, 6.45) is 1.65. The summed E-state index contributed by atoms with van der Waals surface area (Å²) in [4.78, 5) is 38.3. The molecule has 1 atom stereocenters. The van der Waals surface area contributed by atoms with E-state index in [2.05, 4.69) is 30.8 Å². The second-order valence-electron chi connectivity index (χ2n) is 10.9. The number of hydrogen-bond acceptors (Lipinski definition) is 9. The largest absolute Gasteiger partial charge is 0.487 e. The monoisotopic (exact) mass is 589 g/mol. The SMILES string of the molecule is CCOC(=O)C1CC2(CCN(c3cc(COc4ccc(Br)cc4)nc(N)n3)CC2)CN1C(=O)OC(C)(C)C. The number of esters is 1. The molecule has 1 aromatic heterocycles. The smallest absolute Gasteiger partial charge is 0.411 e. The van der Waals surface area contributed by atoms with Crippen molar-refractivity contribution in [3.05, 3.63) is 40.5 Å². The molecule has 2 fully saturated rings. The number of aromatic nitrogens is 2. The summed E-state index contributed by atoms with van der Waals surface area (Å²) in [5, 5.41) is 0. The maximum atomic E-state index is 13.0. The molecule has 2 aliphatic rings. The number of hydrogen-bond donors (Lipinski definition) is 1. The molecule has 0 saturated carbocycles. The fraction of sp³-hybridized carbons (Fsp3) is 0.556. The van der Waals surface area contributed by atoms with Gasteiger partial charge in [0.1, 0.15) is 29.8 Å². The average Bonchev–Trinajstić information content (AvgIpc) is 3.22. The number of piperidine rings is 1. The molecule has 0 aliphatic carbocycles. The van der Waals surface area contributed by atoms with Crippen molar-refractivity contribution < 1.29 is 23.8 Å². The minimum Gasteiger partial charge on any atom is -0.487 e. The van der Waals surface area contributed by atoms with Crippen LogP contribution < -0.4 is 15.4 Å². The van der Waals surface area contributed by atoms with E-state index in [0.29, 0.717) is 31.7 Å². The van der Waals surface area contributed by atoms with Gasteiger partial charge in [0.25, 0.3) is 0 Å². The van der Waals surface area contributed by atoms with Crippen molar-refractivity contribution in [2.75, 3.05) is 36.9 Å². The van der Waals surface area contributed by atoms with Crippen LogP contribution in [0.5, 0.6) is 5.75 Å². The van der Waals surface area contributed by atoms with Crippen LogP contribution in [0.1, 0.15) is 52.7 Å². The standard InChI is InChI=1S/C27H36BrN5O5/c1-5-36-23(34)21-15-27(17-33(21)25(35)38-26(2,3)4)10-12-32(13-11-27)22-14-19(30-24(29)31-22)16-37-20-8-6-18(28)7-9-20/h6-9,14,21H,5,10-13,15-17H2,1-4H3,(H2,29,30,31). The Morgan fingerprint density at radius 2 is 1.84 bits per heavy atom. The van der Waals surface area contributed by atoms with Crippen LogP contribution in [0.25, 0.3) is 0 Å². The minimum atomic E-state index is -0.652. The normalized spacial score (nSPS) is 18.9. The zero-order valence-corrected chi connectivity index (χ0v) is 24.0. The number of ether oxygens (including phenoxy) is 3. The Kier molecular flexibility index (Phi) is 8.34. The van der Waals surface area contributed by atoms with Crippen LogP contribution in [0, 0.1) is 5.41 Å². The number of benzene rings is 1. The number of rotatable bonds is 6. The number of nitrogen functional groups attached to an aromatic ring is 1. The van der Waals surface area contributed by atoms with Gasteiger partial charge in [-0.05, 0) is 76.6 Å². The van der Waals surface area contributed by atoms with Gasteiger partial charge in [0, 0.05) is 30.2 Å². The van der Waals surface area contributed by atoms with Crippen LogP contribution >= 0.6 is 15.9 Å². The van der Waals surface area contributed by atoms with Gasteiger partial charge in [0.05, 0.1) is 12.3 Å². The Morgan fingerprint density at radius 1 is 1.16 bits per heavy atom. The number of anilines is 2. The first-order valence-corrected chi connectivity index (χ1v) is 13.7. The summed E-state index contributed by atoms with van der Waals surface area (Å²) in [7, 11) is 0. The molecule has 0 radical (unpaired) electrons. The number of carbonyl (C=O) groups is 2. The quantitative estimate of drug-likeness (QED) is 0.483. The number of likely N-dealkylation sites (tertiary alicyclic amines) is 1. The number of halogens is 1. The summed E-state index contributed by atoms with van der Waals surface area (Å²) in [5.41, 5.74) is 5.87. The van der Waals surface area contributed by atoms with Crippen molar-refractivity contribution in [2.45, 2.75) is 65.2 Å². The summed E-state index contributed by atoms with van der Waals surface area (Å²) in [6.45, 7) is 9.64. The molecule has 3 heterocycles. The molecule has 38 heavy (non-hydrogen) atoms. The van der Waals surface area contributed by atoms with Crippen molar-refractivity contribution >= 4 is 39.8 Å². The average molecular weight is 591 g/mol. The van der Waals surface area contributed by atoms with E-state index >= 15 is 0 Å². The van der Waals surface area contributed by atoms with Gasteiger partial charge in [-0.3, -0.25) is 4.90 Å². The van der Waals surface area contributed by atoms with Gasteiger partial charge in [0.15, 0.2) is 0 Å². The maximum Gasteiger partial charge on any atom is 0.411 e. The zero-order valence-electron chi connectivity index (χ0n) is 22.4. The molecule has 2 aliphatic heterocycles. The number of amides is 1. The molecule has 10 nitrogen and oxygen atoms in total. The molecule has 2 N–H and O–H groups in total. The van der Waals surface area contributed by atoms with Gasteiger partial charge in [-0.15, -0.1) is 0 Å². The lowest BCUT2D eigenvalue weighted by molar-refractivity contribution is -0.148. The van der Waals surface area contributed by atoms with Crippen molar-refractivity contribution in [3.8, 4) is 5.75 Å². The Balaban J connectivity index is 1.43. The minimum absolute atomic E-state index is 0.191. The van der Waals surface area contributed by atoms with Crippen LogP contribution in [-0.4, -0.2) is 64.8 Å². The second-order valence-corrected chi connectivity index (χ2v) is 11.8. The first-order chi connectivity index (χ1) is 18.0. The Bertz CT molecular complexity index is 1150. The lowest BCUT2D eigenvalue weighted by Gasteiger charge is -2.39. The topological polar surface area (TPSA) is 120 Å².